The van der Waals surface area contributed by atoms with E-state index in [2.05, 4.69) is 11.5 Å². The summed E-state index contributed by atoms with van der Waals surface area (Å²) in [4.78, 5) is 2.21. The Hall–Kier alpha value is -1.23. The third-order valence-corrected chi connectivity index (χ3v) is 3.88. The molecule has 0 radical (unpaired) electrons. The van der Waals surface area contributed by atoms with Crippen LogP contribution in [0, 0.1) is 12.7 Å². The minimum atomic E-state index is -0.336. The molecule has 116 valence electrons. The molecule has 0 spiro atoms. The van der Waals surface area contributed by atoms with Gasteiger partial charge in [0, 0.05) is 19.6 Å². The molecular weight excluding hydrogens is 269 g/mol. The van der Waals surface area contributed by atoms with Crippen molar-refractivity contribution in [3.05, 3.63) is 47.8 Å². The van der Waals surface area contributed by atoms with E-state index in [4.69, 9.17) is 4.74 Å². The molecule has 2 unspecified atom stereocenters. The summed E-state index contributed by atoms with van der Waals surface area (Å²) < 4.78 is 19.1. The van der Waals surface area contributed by atoms with Gasteiger partial charge in [-0.15, -0.1) is 6.58 Å². The zero-order valence-corrected chi connectivity index (χ0v) is 12.6. The van der Waals surface area contributed by atoms with Gasteiger partial charge in [0.15, 0.2) is 0 Å². The summed E-state index contributed by atoms with van der Waals surface area (Å²) in [6, 6.07) is 5.12. The number of aliphatic hydroxyl groups excluding tert-OH is 1. The number of allylic oxidation sites excluding steroid dienone is 1. The van der Waals surface area contributed by atoms with E-state index in [1.54, 1.807) is 13.0 Å². The summed E-state index contributed by atoms with van der Waals surface area (Å²) >= 11 is 0. The van der Waals surface area contributed by atoms with E-state index in [1.807, 2.05) is 12.1 Å². The molecule has 1 aliphatic rings. The van der Waals surface area contributed by atoms with E-state index < -0.39 is 0 Å². The lowest BCUT2D eigenvalue weighted by molar-refractivity contribution is -0.0426. The number of benzene rings is 1. The minimum absolute atomic E-state index is 0.0512. The van der Waals surface area contributed by atoms with Gasteiger partial charge in [0.1, 0.15) is 5.82 Å². The average molecular weight is 293 g/mol. The van der Waals surface area contributed by atoms with Crippen LogP contribution in [-0.2, 0) is 4.74 Å². The van der Waals surface area contributed by atoms with Crippen molar-refractivity contribution < 1.29 is 14.2 Å². The Morgan fingerprint density at radius 1 is 1.57 bits per heavy atom. The Bertz CT molecular complexity index is 478. The summed E-state index contributed by atoms with van der Waals surface area (Å²) in [6.45, 7) is 8.27. The Kier molecular flexibility index (Phi) is 5.91. The second-order valence-electron chi connectivity index (χ2n) is 5.65. The number of ether oxygens (including phenoxy) is 1. The van der Waals surface area contributed by atoms with Gasteiger partial charge in [-0.25, -0.2) is 4.39 Å². The maximum atomic E-state index is 13.3. The molecule has 0 bridgehead atoms. The van der Waals surface area contributed by atoms with Crippen molar-refractivity contribution in [3.63, 3.8) is 0 Å². The van der Waals surface area contributed by atoms with Crippen LogP contribution in [0.5, 0.6) is 0 Å². The highest BCUT2D eigenvalue weighted by Crippen LogP contribution is 2.24. The quantitative estimate of drug-likeness (QED) is 0.819. The fraction of sp³-hybridized carbons (Fsp3) is 0.529. The highest BCUT2D eigenvalue weighted by molar-refractivity contribution is 5.26. The number of nitrogens with zero attached hydrogens (tertiary/aromatic N) is 1. The molecule has 0 aliphatic carbocycles. The minimum Gasteiger partial charge on any atom is -0.392 e. The van der Waals surface area contributed by atoms with Crippen molar-refractivity contribution in [2.75, 3.05) is 26.2 Å². The average Bonchev–Trinajstić information content (AvgIpc) is 2.48. The SMILES string of the molecule is C=CCCC(O)CN1CCOC(c2ccc(F)c(C)c2)C1. The van der Waals surface area contributed by atoms with Crippen LogP contribution in [0.1, 0.15) is 30.1 Å². The van der Waals surface area contributed by atoms with Crippen LogP contribution in [0.3, 0.4) is 0 Å². The largest absolute Gasteiger partial charge is 0.392 e. The van der Waals surface area contributed by atoms with Gasteiger partial charge in [0.05, 0.1) is 18.8 Å². The van der Waals surface area contributed by atoms with E-state index in [0.717, 1.165) is 31.5 Å². The first-order chi connectivity index (χ1) is 10.1. The van der Waals surface area contributed by atoms with Gasteiger partial charge in [-0.2, -0.15) is 0 Å². The molecule has 2 rings (SSSR count). The van der Waals surface area contributed by atoms with Gasteiger partial charge in [0.25, 0.3) is 0 Å². The second kappa shape index (κ2) is 7.69. The molecule has 3 nitrogen and oxygen atoms in total. The normalized spacial score (nSPS) is 21.2. The number of aliphatic hydroxyl groups is 1. The monoisotopic (exact) mass is 293 g/mol. The lowest BCUT2D eigenvalue weighted by Crippen LogP contribution is -2.42. The van der Waals surface area contributed by atoms with Gasteiger partial charge < -0.3 is 9.84 Å². The van der Waals surface area contributed by atoms with Crippen LogP contribution in [0.4, 0.5) is 4.39 Å². The molecule has 0 saturated carbocycles. The Morgan fingerprint density at radius 2 is 2.38 bits per heavy atom. The zero-order valence-electron chi connectivity index (χ0n) is 12.6. The molecular formula is C17H24FNO2. The third kappa shape index (κ3) is 4.63. The summed E-state index contributed by atoms with van der Waals surface area (Å²) in [6.07, 6.45) is 3.00. The zero-order chi connectivity index (χ0) is 15.2. The smallest absolute Gasteiger partial charge is 0.126 e. The third-order valence-electron chi connectivity index (χ3n) is 3.88. The number of β-amino-alcohol motifs (C(OH)–C–C–N with tert-alkyl or cyclic N) is 1. The first-order valence-corrected chi connectivity index (χ1v) is 7.49. The molecule has 21 heavy (non-hydrogen) atoms. The van der Waals surface area contributed by atoms with Crippen molar-refractivity contribution in [1.29, 1.82) is 0 Å². The first-order valence-electron chi connectivity index (χ1n) is 7.49. The number of aryl methyl sites for hydroxylation is 1. The molecule has 1 saturated heterocycles. The van der Waals surface area contributed by atoms with Crippen LogP contribution in [0.2, 0.25) is 0 Å². The number of morpholine rings is 1. The Balaban J connectivity index is 1.93. The molecule has 0 aromatic heterocycles. The van der Waals surface area contributed by atoms with Crippen LogP contribution in [0.25, 0.3) is 0 Å². The fourth-order valence-corrected chi connectivity index (χ4v) is 2.64. The molecule has 1 aromatic rings. The molecule has 1 aromatic carbocycles. The van der Waals surface area contributed by atoms with Crippen LogP contribution < -0.4 is 0 Å². The van der Waals surface area contributed by atoms with E-state index >= 15 is 0 Å². The fourth-order valence-electron chi connectivity index (χ4n) is 2.64. The number of hydrogen-bond acceptors (Lipinski definition) is 3. The Morgan fingerprint density at radius 3 is 3.10 bits per heavy atom. The summed E-state index contributed by atoms with van der Waals surface area (Å²) in [7, 11) is 0. The van der Waals surface area contributed by atoms with Crippen molar-refractivity contribution >= 4 is 0 Å². The molecule has 0 amide bonds. The van der Waals surface area contributed by atoms with E-state index in [-0.39, 0.29) is 18.0 Å². The Labute approximate surface area is 126 Å². The molecule has 1 aliphatic heterocycles. The van der Waals surface area contributed by atoms with E-state index in [1.165, 1.54) is 6.07 Å². The second-order valence-corrected chi connectivity index (χ2v) is 5.65. The van der Waals surface area contributed by atoms with Crippen molar-refractivity contribution in [1.82, 2.24) is 4.90 Å². The number of rotatable bonds is 6. The van der Waals surface area contributed by atoms with E-state index in [0.29, 0.717) is 18.7 Å². The van der Waals surface area contributed by atoms with E-state index in [9.17, 15) is 9.50 Å². The number of hydrogen-bond donors (Lipinski definition) is 1. The van der Waals surface area contributed by atoms with Gasteiger partial charge >= 0.3 is 0 Å². The summed E-state index contributed by atoms with van der Waals surface area (Å²) in [5.41, 5.74) is 1.64. The van der Waals surface area contributed by atoms with Crippen molar-refractivity contribution in [3.8, 4) is 0 Å². The maximum Gasteiger partial charge on any atom is 0.126 e. The maximum absolute atomic E-state index is 13.3. The van der Waals surface area contributed by atoms with Gasteiger partial charge in [0.2, 0.25) is 0 Å². The molecule has 1 N–H and O–H groups in total. The van der Waals surface area contributed by atoms with Crippen molar-refractivity contribution in [2.24, 2.45) is 0 Å². The lowest BCUT2D eigenvalue weighted by Gasteiger charge is -2.34. The van der Waals surface area contributed by atoms with Crippen LogP contribution >= 0.6 is 0 Å². The first kappa shape index (κ1) is 16.1. The van der Waals surface area contributed by atoms with Gasteiger partial charge in [-0.05, 0) is 37.0 Å². The van der Waals surface area contributed by atoms with Crippen LogP contribution in [-0.4, -0.2) is 42.4 Å². The van der Waals surface area contributed by atoms with Gasteiger partial charge in [-0.1, -0.05) is 18.2 Å². The molecule has 2 atom stereocenters. The van der Waals surface area contributed by atoms with Gasteiger partial charge in [-0.3, -0.25) is 4.90 Å². The van der Waals surface area contributed by atoms with Crippen LogP contribution in [0.15, 0.2) is 30.9 Å². The number of halogens is 1. The standard InChI is InChI=1S/C17H24FNO2/c1-3-4-5-15(20)11-19-8-9-21-17(12-19)14-6-7-16(18)13(2)10-14/h3,6-7,10,15,17,20H,1,4-5,8-9,11-12H2,2H3. The highest BCUT2D eigenvalue weighted by Gasteiger charge is 2.23. The highest BCUT2D eigenvalue weighted by atomic mass is 19.1. The molecule has 4 heteroatoms. The topological polar surface area (TPSA) is 32.7 Å². The molecule has 1 fully saturated rings. The predicted octanol–water partition coefficient (Wildman–Crippen LogP) is 2.83. The lowest BCUT2D eigenvalue weighted by atomic mass is 10.0. The summed E-state index contributed by atoms with van der Waals surface area (Å²) in [5.74, 6) is -0.189. The van der Waals surface area contributed by atoms with Crippen molar-refractivity contribution in [2.45, 2.75) is 32.0 Å². The summed E-state index contributed by atoms with van der Waals surface area (Å²) in [5, 5.41) is 9.99. The predicted molar refractivity (Wildman–Crippen MR) is 81.7 cm³/mol. The molecule has 1 heterocycles.